The molecule has 98 valence electrons. The summed E-state index contributed by atoms with van der Waals surface area (Å²) in [5, 5.41) is 8.62. The molecule has 0 aromatic carbocycles. The summed E-state index contributed by atoms with van der Waals surface area (Å²) in [5.74, 6) is 0.217. The molecular formula is C10H10BrNO4S2. The summed E-state index contributed by atoms with van der Waals surface area (Å²) in [6.45, 7) is -0.124. The van der Waals surface area contributed by atoms with Crippen LogP contribution in [0.4, 0.5) is 0 Å². The third kappa shape index (κ3) is 3.21. The first-order valence-corrected chi connectivity index (χ1v) is 8.04. The Morgan fingerprint density at radius 2 is 2.11 bits per heavy atom. The van der Waals surface area contributed by atoms with Gasteiger partial charge < -0.3 is 9.52 Å². The molecule has 2 N–H and O–H groups in total. The van der Waals surface area contributed by atoms with Gasteiger partial charge in [-0.2, -0.15) is 0 Å². The number of halogens is 1. The van der Waals surface area contributed by atoms with E-state index >= 15 is 0 Å². The number of aliphatic hydroxyl groups is 1. The van der Waals surface area contributed by atoms with Crippen LogP contribution in [0.15, 0.2) is 37.6 Å². The standard InChI is InChI=1S/C10H10BrNO4S2/c11-9-3-2-8(17-9)5-12-18(14,15)10-4-1-7(6-13)16-10/h1-4,12-13H,5-6H2. The molecule has 2 aromatic rings. The highest BCUT2D eigenvalue weighted by Gasteiger charge is 2.18. The van der Waals surface area contributed by atoms with E-state index in [1.165, 1.54) is 23.5 Å². The van der Waals surface area contributed by atoms with Crippen LogP contribution in [0.3, 0.4) is 0 Å². The average molecular weight is 352 g/mol. The first-order chi connectivity index (χ1) is 8.51. The quantitative estimate of drug-likeness (QED) is 0.864. The van der Waals surface area contributed by atoms with Crippen molar-refractivity contribution < 1.29 is 17.9 Å². The van der Waals surface area contributed by atoms with Crippen molar-refractivity contribution in [3.8, 4) is 0 Å². The van der Waals surface area contributed by atoms with Gasteiger partial charge in [0.1, 0.15) is 12.4 Å². The zero-order valence-corrected chi connectivity index (χ0v) is 12.3. The minimum atomic E-state index is -3.67. The molecule has 0 fully saturated rings. The predicted molar refractivity (Wildman–Crippen MR) is 70.7 cm³/mol. The van der Waals surface area contributed by atoms with Gasteiger partial charge in [0.15, 0.2) is 0 Å². The lowest BCUT2D eigenvalue weighted by atomic mass is 10.5. The molecule has 0 amide bonds. The molecule has 2 aromatic heterocycles. The number of aliphatic hydroxyl groups excluding tert-OH is 1. The number of nitrogens with one attached hydrogen (secondary N) is 1. The fraction of sp³-hybridized carbons (Fsp3) is 0.200. The summed E-state index contributed by atoms with van der Waals surface area (Å²) >= 11 is 4.76. The molecule has 0 aliphatic rings. The number of hydrogen-bond donors (Lipinski definition) is 2. The van der Waals surface area contributed by atoms with Crippen molar-refractivity contribution in [1.82, 2.24) is 4.72 Å². The Hall–Kier alpha value is -0.670. The van der Waals surface area contributed by atoms with Crippen molar-refractivity contribution in [2.24, 2.45) is 0 Å². The van der Waals surface area contributed by atoms with E-state index in [9.17, 15) is 8.42 Å². The van der Waals surface area contributed by atoms with Gasteiger partial charge in [-0.05, 0) is 40.2 Å². The third-order valence-corrected chi connectivity index (χ3v) is 5.02. The summed E-state index contributed by atoms with van der Waals surface area (Å²) in [6, 6.07) is 6.43. The van der Waals surface area contributed by atoms with Crippen molar-refractivity contribution in [2.45, 2.75) is 18.2 Å². The largest absolute Gasteiger partial charge is 0.446 e. The monoisotopic (exact) mass is 351 g/mol. The van der Waals surface area contributed by atoms with Gasteiger partial charge in [-0.3, -0.25) is 0 Å². The Bertz CT molecular complexity index is 632. The van der Waals surface area contributed by atoms with E-state index in [4.69, 9.17) is 9.52 Å². The Kier molecular flexibility index (Phi) is 4.23. The molecule has 0 unspecified atom stereocenters. The van der Waals surface area contributed by atoms with Crippen LogP contribution >= 0.6 is 27.3 Å². The van der Waals surface area contributed by atoms with Crippen molar-refractivity contribution in [3.05, 3.63) is 38.7 Å². The predicted octanol–water partition coefficient (Wildman–Crippen LogP) is 2.07. The zero-order valence-electron chi connectivity index (χ0n) is 9.09. The molecule has 0 saturated heterocycles. The number of sulfonamides is 1. The Morgan fingerprint density at radius 3 is 2.67 bits per heavy atom. The average Bonchev–Trinajstić information content (AvgIpc) is 2.95. The van der Waals surface area contributed by atoms with Crippen LogP contribution in [0, 0.1) is 0 Å². The summed E-state index contributed by atoms with van der Waals surface area (Å²) in [6.07, 6.45) is 0. The van der Waals surface area contributed by atoms with E-state index in [0.29, 0.717) is 0 Å². The Labute approximate surface area is 117 Å². The topological polar surface area (TPSA) is 79.5 Å². The zero-order chi connectivity index (χ0) is 13.2. The van der Waals surface area contributed by atoms with Gasteiger partial charge in [-0.15, -0.1) is 11.3 Å². The van der Waals surface area contributed by atoms with E-state index < -0.39 is 10.0 Å². The van der Waals surface area contributed by atoms with Crippen LogP contribution in [-0.4, -0.2) is 13.5 Å². The maximum Gasteiger partial charge on any atom is 0.274 e. The summed E-state index contributed by atoms with van der Waals surface area (Å²) in [5.41, 5.74) is 0. The lowest BCUT2D eigenvalue weighted by Crippen LogP contribution is -2.22. The molecule has 0 radical (unpaired) electrons. The SMILES string of the molecule is O=S(=O)(NCc1ccc(Br)s1)c1ccc(CO)o1. The molecule has 5 nitrogen and oxygen atoms in total. The number of hydrogen-bond acceptors (Lipinski definition) is 5. The minimum absolute atomic E-state index is 0.192. The van der Waals surface area contributed by atoms with Crippen LogP contribution in [0.2, 0.25) is 0 Å². The Balaban J connectivity index is 2.07. The van der Waals surface area contributed by atoms with Crippen molar-refractivity contribution in [3.63, 3.8) is 0 Å². The maximum atomic E-state index is 11.8. The number of rotatable bonds is 5. The van der Waals surface area contributed by atoms with Gasteiger partial charge in [-0.1, -0.05) is 0 Å². The summed E-state index contributed by atoms with van der Waals surface area (Å²) in [4.78, 5) is 0.888. The van der Waals surface area contributed by atoms with Crippen molar-refractivity contribution in [1.29, 1.82) is 0 Å². The lowest BCUT2D eigenvalue weighted by molar-refractivity contribution is 0.236. The molecule has 0 bridgehead atoms. The van der Waals surface area contributed by atoms with E-state index in [1.807, 2.05) is 12.1 Å². The van der Waals surface area contributed by atoms with Crippen LogP contribution in [0.5, 0.6) is 0 Å². The second-order valence-corrected chi connectivity index (χ2v) is 7.65. The van der Waals surface area contributed by atoms with E-state index in [2.05, 4.69) is 20.7 Å². The number of thiophene rings is 1. The second-order valence-electron chi connectivity index (χ2n) is 3.41. The Morgan fingerprint density at radius 1 is 1.33 bits per heavy atom. The molecule has 0 aliphatic carbocycles. The normalized spacial score (nSPS) is 11.9. The van der Waals surface area contributed by atoms with Gasteiger partial charge in [-0.25, -0.2) is 13.1 Å². The van der Waals surface area contributed by atoms with E-state index in [-0.39, 0.29) is 24.0 Å². The van der Waals surface area contributed by atoms with Crippen molar-refractivity contribution >= 4 is 37.3 Å². The molecule has 0 saturated carbocycles. The third-order valence-electron chi connectivity index (χ3n) is 2.12. The molecule has 2 heterocycles. The molecule has 0 spiro atoms. The first kappa shape index (κ1) is 13.8. The maximum absolute atomic E-state index is 11.8. The fourth-order valence-electron chi connectivity index (χ4n) is 1.27. The highest BCUT2D eigenvalue weighted by Crippen LogP contribution is 2.22. The van der Waals surface area contributed by atoms with Gasteiger partial charge in [0, 0.05) is 11.4 Å². The van der Waals surface area contributed by atoms with Gasteiger partial charge >= 0.3 is 0 Å². The molecular weight excluding hydrogens is 342 g/mol. The second kappa shape index (κ2) is 5.54. The minimum Gasteiger partial charge on any atom is -0.446 e. The smallest absolute Gasteiger partial charge is 0.274 e. The fourth-order valence-corrected chi connectivity index (χ4v) is 3.74. The lowest BCUT2D eigenvalue weighted by Gasteiger charge is -2.02. The molecule has 18 heavy (non-hydrogen) atoms. The first-order valence-electron chi connectivity index (χ1n) is 4.95. The molecule has 0 atom stereocenters. The van der Waals surface area contributed by atoms with E-state index in [1.54, 1.807) is 0 Å². The van der Waals surface area contributed by atoms with Gasteiger partial charge in [0.25, 0.3) is 10.0 Å². The van der Waals surface area contributed by atoms with Crippen LogP contribution in [0.25, 0.3) is 0 Å². The van der Waals surface area contributed by atoms with Crippen molar-refractivity contribution in [2.75, 3.05) is 0 Å². The van der Waals surface area contributed by atoms with Crippen LogP contribution < -0.4 is 4.72 Å². The van der Waals surface area contributed by atoms with Gasteiger partial charge in [0.05, 0.1) is 3.79 Å². The number of furan rings is 1. The van der Waals surface area contributed by atoms with Gasteiger partial charge in [0.2, 0.25) is 5.09 Å². The summed E-state index contributed by atoms with van der Waals surface area (Å²) in [7, 11) is -3.67. The van der Waals surface area contributed by atoms with Crippen LogP contribution in [-0.2, 0) is 23.2 Å². The molecule has 2 rings (SSSR count). The summed E-state index contributed by atoms with van der Waals surface area (Å²) < 4.78 is 32.1. The van der Waals surface area contributed by atoms with E-state index in [0.717, 1.165) is 8.66 Å². The molecule has 0 aliphatic heterocycles. The molecule has 8 heteroatoms. The highest BCUT2D eigenvalue weighted by atomic mass is 79.9. The highest BCUT2D eigenvalue weighted by molar-refractivity contribution is 9.11. The van der Waals surface area contributed by atoms with Crippen LogP contribution in [0.1, 0.15) is 10.6 Å².